The SMILES string of the molecule is O=C(NCCN1C(=O)S/C(=C\c2ccc(Cl)cc2)C1=O)C1CCCN1S(=O)(=O)c1ccccc1F. The van der Waals surface area contributed by atoms with Crippen LogP contribution >= 0.6 is 23.4 Å². The molecule has 0 radical (unpaired) electrons. The van der Waals surface area contributed by atoms with E-state index < -0.39 is 43.8 Å². The smallest absolute Gasteiger partial charge is 0.293 e. The topological polar surface area (TPSA) is 104 Å². The lowest BCUT2D eigenvalue weighted by Crippen LogP contribution is -2.47. The van der Waals surface area contributed by atoms with E-state index in [4.69, 9.17) is 11.6 Å². The molecule has 0 spiro atoms. The maximum Gasteiger partial charge on any atom is 0.293 e. The minimum absolute atomic E-state index is 0.0464. The van der Waals surface area contributed by atoms with Crippen LogP contribution in [-0.2, 0) is 19.6 Å². The van der Waals surface area contributed by atoms with Crippen molar-refractivity contribution in [2.24, 2.45) is 0 Å². The van der Waals surface area contributed by atoms with Gasteiger partial charge in [-0.05, 0) is 60.5 Å². The molecule has 2 heterocycles. The Morgan fingerprint density at radius 3 is 2.60 bits per heavy atom. The highest BCUT2D eigenvalue weighted by molar-refractivity contribution is 8.18. The molecule has 8 nitrogen and oxygen atoms in total. The molecule has 2 saturated heterocycles. The molecule has 2 aliphatic heterocycles. The number of rotatable bonds is 7. The second-order valence-electron chi connectivity index (χ2n) is 7.88. The number of benzene rings is 2. The minimum Gasteiger partial charge on any atom is -0.353 e. The van der Waals surface area contributed by atoms with Crippen LogP contribution in [0.1, 0.15) is 18.4 Å². The summed E-state index contributed by atoms with van der Waals surface area (Å²) in [6.07, 6.45) is 2.32. The molecule has 1 atom stereocenters. The van der Waals surface area contributed by atoms with Gasteiger partial charge in [0.1, 0.15) is 16.8 Å². The van der Waals surface area contributed by atoms with Crippen LogP contribution in [0, 0.1) is 5.82 Å². The first kappa shape index (κ1) is 25.4. The Bertz CT molecular complexity index is 1300. The quantitative estimate of drug-likeness (QED) is 0.542. The fraction of sp³-hybridized carbons (Fsp3) is 0.261. The van der Waals surface area contributed by atoms with E-state index in [9.17, 15) is 27.2 Å². The van der Waals surface area contributed by atoms with Crippen molar-refractivity contribution < 1.29 is 27.2 Å². The van der Waals surface area contributed by atoms with E-state index in [0.29, 0.717) is 17.0 Å². The molecule has 35 heavy (non-hydrogen) atoms. The average molecular weight is 538 g/mol. The molecule has 1 unspecified atom stereocenters. The van der Waals surface area contributed by atoms with Crippen LogP contribution in [0.25, 0.3) is 6.08 Å². The van der Waals surface area contributed by atoms with Gasteiger partial charge in [0.05, 0.1) is 4.91 Å². The lowest BCUT2D eigenvalue weighted by molar-refractivity contribution is -0.125. The third-order valence-corrected chi connectivity index (χ3v) is 8.71. The summed E-state index contributed by atoms with van der Waals surface area (Å²) in [5, 5.41) is 2.69. The molecule has 4 rings (SSSR count). The number of carbonyl (C=O) groups excluding carboxylic acids is 3. The lowest BCUT2D eigenvalue weighted by Gasteiger charge is -2.24. The van der Waals surface area contributed by atoms with Gasteiger partial charge < -0.3 is 5.32 Å². The second kappa shape index (κ2) is 10.5. The van der Waals surface area contributed by atoms with E-state index in [0.717, 1.165) is 33.1 Å². The Hall–Kier alpha value is -2.73. The van der Waals surface area contributed by atoms with E-state index in [2.05, 4.69) is 5.32 Å². The van der Waals surface area contributed by atoms with Crippen molar-refractivity contribution in [3.05, 3.63) is 69.8 Å². The first-order chi connectivity index (χ1) is 16.7. The number of nitrogens with one attached hydrogen (secondary N) is 1. The Morgan fingerprint density at radius 1 is 1.17 bits per heavy atom. The van der Waals surface area contributed by atoms with Gasteiger partial charge in [0.15, 0.2) is 0 Å². The highest BCUT2D eigenvalue weighted by Crippen LogP contribution is 2.32. The van der Waals surface area contributed by atoms with Crippen molar-refractivity contribution in [3.63, 3.8) is 0 Å². The molecular formula is C23H21ClFN3O5S2. The summed E-state index contributed by atoms with van der Waals surface area (Å²) in [7, 11) is -4.20. The zero-order chi connectivity index (χ0) is 25.2. The van der Waals surface area contributed by atoms with E-state index in [-0.39, 0.29) is 31.0 Å². The van der Waals surface area contributed by atoms with Crippen molar-refractivity contribution >= 4 is 56.5 Å². The minimum atomic E-state index is -4.20. The summed E-state index contributed by atoms with van der Waals surface area (Å²) < 4.78 is 41.0. The zero-order valence-electron chi connectivity index (χ0n) is 18.3. The summed E-state index contributed by atoms with van der Waals surface area (Å²) in [4.78, 5) is 38.5. The van der Waals surface area contributed by atoms with Crippen LogP contribution in [0.2, 0.25) is 5.02 Å². The molecule has 1 N–H and O–H groups in total. The Labute approximate surface area is 211 Å². The average Bonchev–Trinajstić information content (AvgIpc) is 3.42. The fourth-order valence-corrected chi connectivity index (χ4v) is 6.60. The van der Waals surface area contributed by atoms with Crippen LogP contribution in [0.4, 0.5) is 9.18 Å². The molecule has 2 fully saturated rings. The van der Waals surface area contributed by atoms with Gasteiger partial charge >= 0.3 is 0 Å². The number of hydrogen-bond acceptors (Lipinski definition) is 6. The van der Waals surface area contributed by atoms with Crippen LogP contribution < -0.4 is 5.32 Å². The summed E-state index contributed by atoms with van der Waals surface area (Å²) in [5.41, 5.74) is 0.714. The number of nitrogens with zero attached hydrogens (tertiary/aromatic N) is 2. The first-order valence-electron chi connectivity index (χ1n) is 10.7. The highest BCUT2D eigenvalue weighted by atomic mass is 35.5. The normalized spacial score (nSPS) is 20.1. The number of hydrogen-bond donors (Lipinski definition) is 1. The number of amides is 3. The molecule has 0 bridgehead atoms. The molecule has 0 aromatic heterocycles. The van der Waals surface area contributed by atoms with Crippen molar-refractivity contribution in [2.45, 2.75) is 23.8 Å². The highest BCUT2D eigenvalue weighted by Gasteiger charge is 2.40. The molecule has 2 aromatic rings. The van der Waals surface area contributed by atoms with Gasteiger partial charge in [-0.25, -0.2) is 12.8 Å². The van der Waals surface area contributed by atoms with Crippen LogP contribution in [0.3, 0.4) is 0 Å². The molecule has 184 valence electrons. The standard InChI is InChI=1S/C23H21ClFN3O5S2/c24-16-9-7-15(8-10-16)14-19-22(30)27(23(31)34-19)13-11-26-21(29)18-5-3-12-28(18)35(32,33)20-6-2-1-4-17(20)25/h1-2,4,6-10,14,18H,3,5,11-13H2,(H,26,29)/b19-14-. The van der Waals surface area contributed by atoms with Crippen molar-refractivity contribution in [1.29, 1.82) is 0 Å². The largest absolute Gasteiger partial charge is 0.353 e. The van der Waals surface area contributed by atoms with Crippen molar-refractivity contribution in [1.82, 2.24) is 14.5 Å². The second-order valence-corrected chi connectivity index (χ2v) is 11.2. The van der Waals surface area contributed by atoms with Gasteiger partial charge in [-0.1, -0.05) is 35.9 Å². The van der Waals surface area contributed by atoms with Gasteiger partial charge in [0.2, 0.25) is 15.9 Å². The molecule has 2 aromatic carbocycles. The zero-order valence-corrected chi connectivity index (χ0v) is 20.7. The van der Waals surface area contributed by atoms with Gasteiger partial charge in [0, 0.05) is 24.7 Å². The van der Waals surface area contributed by atoms with Crippen LogP contribution in [0.15, 0.2) is 58.3 Å². The predicted molar refractivity (Wildman–Crippen MR) is 130 cm³/mol. The van der Waals surface area contributed by atoms with Crippen LogP contribution in [-0.4, -0.2) is 60.4 Å². The molecule has 0 saturated carbocycles. The van der Waals surface area contributed by atoms with Crippen LogP contribution in [0.5, 0.6) is 0 Å². The molecule has 2 aliphatic rings. The summed E-state index contributed by atoms with van der Waals surface area (Å²) in [5.74, 6) is -1.93. The summed E-state index contributed by atoms with van der Waals surface area (Å²) in [6.45, 7) is -0.0241. The van der Waals surface area contributed by atoms with E-state index in [1.165, 1.54) is 12.1 Å². The number of thioether (sulfide) groups is 1. The number of sulfonamides is 1. The molecule has 12 heteroatoms. The van der Waals surface area contributed by atoms with Gasteiger partial charge in [-0.15, -0.1) is 0 Å². The van der Waals surface area contributed by atoms with E-state index >= 15 is 0 Å². The Morgan fingerprint density at radius 2 is 1.89 bits per heavy atom. The molecular weight excluding hydrogens is 517 g/mol. The van der Waals surface area contributed by atoms with E-state index in [1.807, 2.05) is 0 Å². The Balaban J connectivity index is 1.37. The van der Waals surface area contributed by atoms with Crippen molar-refractivity contribution in [3.8, 4) is 0 Å². The number of carbonyl (C=O) groups is 3. The predicted octanol–water partition coefficient (Wildman–Crippen LogP) is 3.48. The lowest BCUT2D eigenvalue weighted by atomic mass is 10.2. The summed E-state index contributed by atoms with van der Waals surface area (Å²) in [6, 6.07) is 10.8. The third-order valence-electron chi connectivity index (χ3n) is 5.61. The molecule has 3 amide bonds. The van der Waals surface area contributed by atoms with Gasteiger partial charge in [-0.3, -0.25) is 19.3 Å². The summed E-state index contributed by atoms with van der Waals surface area (Å²) >= 11 is 6.66. The fourth-order valence-electron chi connectivity index (χ4n) is 3.88. The van der Waals surface area contributed by atoms with Gasteiger partial charge in [0.25, 0.3) is 11.1 Å². The maximum absolute atomic E-state index is 14.1. The molecule has 0 aliphatic carbocycles. The van der Waals surface area contributed by atoms with E-state index in [1.54, 1.807) is 30.3 Å². The maximum atomic E-state index is 14.1. The van der Waals surface area contributed by atoms with Crippen molar-refractivity contribution in [2.75, 3.05) is 19.6 Å². The Kier molecular flexibility index (Phi) is 7.60. The first-order valence-corrected chi connectivity index (χ1v) is 13.4. The monoisotopic (exact) mass is 537 g/mol. The van der Waals surface area contributed by atoms with Gasteiger partial charge in [-0.2, -0.15) is 4.31 Å². The number of halogens is 2. The number of imide groups is 1. The third kappa shape index (κ3) is 5.43.